The van der Waals surface area contributed by atoms with E-state index in [9.17, 15) is 9.59 Å². The van der Waals surface area contributed by atoms with Crippen LogP contribution in [0.25, 0.3) is 10.9 Å². The van der Waals surface area contributed by atoms with E-state index in [0.717, 1.165) is 52.5 Å². The number of aryl methyl sites for hydroxylation is 2. The number of benzene rings is 2. The zero-order chi connectivity index (χ0) is 22.0. The second-order valence-electron chi connectivity index (χ2n) is 8.14. The van der Waals surface area contributed by atoms with Gasteiger partial charge in [0.15, 0.2) is 0 Å². The normalized spacial score (nSPS) is 16.3. The Morgan fingerprint density at radius 1 is 1.16 bits per heavy atom. The number of nitrogens with zero attached hydrogens (tertiary/aromatic N) is 1. The van der Waals surface area contributed by atoms with Crippen LogP contribution in [0.1, 0.15) is 37.0 Å². The van der Waals surface area contributed by atoms with Crippen molar-refractivity contribution in [1.29, 1.82) is 0 Å². The van der Waals surface area contributed by atoms with Gasteiger partial charge in [0.05, 0.1) is 5.92 Å². The molecule has 1 aliphatic heterocycles. The van der Waals surface area contributed by atoms with Crippen LogP contribution in [0.15, 0.2) is 42.6 Å². The topological polar surface area (TPSA) is 65.2 Å². The van der Waals surface area contributed by atoms with E-state index in [2.05, 4.69) is 24.1 Å². The highest BCUT2D eigenvalue weighted by molar-refractivity contribution is 6.31. The number of amides is 2. The van der Waals surface area contributed by atoms with Gasteiger partial charge in [0, 0.05) is 47.3 Å². The third-order valence-electron chi connectivity index (χ3n) is 6.21. The molecule has 0 spiro atoms. The highest BCUT2D eigenvalue weighted by atomic mass is 35.5. The SMILES string of the molecule is CCc1cccc(CC)c1NC(=O)C1CC(=O)N(CCc2c[nH]c3ccc(Cl)cc23)C1. The first-order valence-corrected chi connectivity index (χ1v) is 11.3. The Labute approximate surface area is 187 Å². The van der Waals surface area contributed by atoms with Crippen molar-refractivity contribution in [2.24, 2.45) is 5.92 Å². The molecule has 5 nitrogen and oxygen atoms in total. The van der Waals surface area contributed by atoms with Gasteiger partial charge in [-0.3, -0.25) is 9.59 Å². The van der Waals surface area contributed by atoms with E-state index in [-0.39, 0.29) is 24.2 Å². The number of hydrogen-bond donors (Lipinski definition) is 2. The van der Waals surface area contributed by atoms with Crippen LogP contribution in [0.5, 0.6) is 0 Å². The van der Waals surface area contributed by atoms with Crippen molar-refractivity contribution in [2.75, 3.05) is 18.4 Å². The molecule has 0 saturated carbocycles. The van der Waals surface area contributed by atoms with Gasteiger partial charge in [-0.2, -0.15) is 0 Å². The first-order valence-electron chi connectivity index (χ1n) is 10.9. The molecule has 4 rings (SSSR count). The Hall–Kier alpha value is -2.79. The van der Waals surface area contributed by atoms with Gasteiger partial charge < -0.3 is 15.2 Å². The highest BCUT2D eigenvalue weighted by Gasteiger charge is 2.34. The monoisotopic (exact) mass is 437 g/mol. The van der Waals surface area contributed by atoms with Crippen molar-refractivity contribution in [2.45, 2.75) is 39.5 Å². The van der Waals surface area contributed by atoms with Crippen molar-refractivity contribution in [1.82, 2.24) is 9.88 Å². The first kappa shape index (κ1) is 21.4. The summed E-state index contributed by atoms with van der Waals surface area (Å²) in [7, 11) is 0. The Bertz CT molecular complexity index is 1100. The molecule has 1 atom stereocenters. The molecule has 162 valence electrons. The summed E-state index contributed by atoms with van der Waals surface area (Å²) in [5.41, 5.74) is 5.34. The lowest BCUT2D eigenvalue weighted by Gasteiger charge is -2.18. The summed E-state index contributed by atoms with van der Waals surface area (Å²) in [6.45, 7) is 5.23. The lowest BCUT2D eigenvalue weighted by molar-refractivity contribution is -0.128. The van der Waals surface area contributed by atoms with Crippen LogP contribution in [0.2, 0.25) is 5.02 Å². The number of H-pyrrole nitrogens is 1. The van der Waals surface area contributed by atoms with E-state index in [4.69, 9.17) is 11.6 Å². The molecule has 0 aliphatic carbocycles. The molecule has 0 bridgehead atoms. The highest BCUT2D eigenvalue weighted by Crippen LogP contribution is 2.27. The summed E-state index contributed by atoms with van der Waals surface area (Å²) in [6.07, 6.45) is 4.67. The number of likely N-dealkylation sites (tertiary alicyclic amines) is 1. The van der Waals surface area contributed by atoms with E-state index in [0.29, 0.717) is 18.1 Å². The fourth-order valence-corrected chi connectivity index (χ4v) is 4.58. The number of nitrogens with one attached hydrogen (secondary N) is 2. The van der Waals surface area contributed by atoms with Gasteiger partial charge in [-0.15, -0.1) is 0 Å². The third kappa shape index (κ3) is 4.47. The van der Waals surface area contributed by atoms with Crippen molar-refractivity contribution in [3.05, 3.63) is 64.3 Å². The van der Waals surface area contributed by atoms with Crippen LogP contribution in [0.3, 0.4) is 0 Å². The summed E-state index contributed by atoms with van der Waals surface area (Å²) >= 11 is 6.14. The molecule has 3 aromatic rings. The number of rotatable bonds is 7. The number of aromatic nitrogens is 1. The third-order valence-corrected chi connectivity index (χ3v) is 6.45. The summed E-state index contributed by atoms with van der Waals surface area (Å²) in [5.74, 6) is -0.345. The van der Waals surface area contributed by atoms with Gasteiger partial charge in [-0.1, -0.05) is 43.6 Å². The fourth-order valence-electron chi connectivity index (χ4n) is 4.41. The maximum absolute atomic E-state index is 13.0. The lowest BCUT2D eigenvalue weighted by Crippen LogP contribution is -2.30. The molecule has 1 saturated heterocycles. The van der Waals surface area contributed by atoms with Gasteiger partial charge in [0.1, 0.15) is 0 Å². The Kier molecular flexibility index (Phi) is 6.33. The van der Waals surface area contributed by atoms with Crippen LogP contribution >= 0.6 is 11.6 Å². The van der Waals surface area contributed by atoms with Crippen LogP contribution in [0, 0.1) is 5.92 Å². The smallest absolute Gasteiger partial charge is 0.229 e. The minimum Gasteiger partial charge on any atom is -0.361 e. The van der Waals surface area contributed by atoms with Crippen LogP contribution in [0.4, 0.5) is 5.69 Å². The summed E-state index contributed by atoms with van der Waals surface area (Å²) < 4.78 is 0. The summed E-state index contributed by atoms with van der Waals surface area (Å²) in [6, 6.07) is 11.9. The standard InChI is InChI=1S/C25H28ClN3O2/c1-3-16-6-5-7-17(4-2)24(16)28-25(31)19-12-23(30)29(15-19)11-10-18-14-27-22-9-8-20(26)13-21(18)22/h5-9,13-14,19,27H,3-4,10-12,15H2,1-2H3,(H,28,31). The quantitative estimate of drug-likeness (QED) is 0.547. The Balaban J connectivity index is 1.41. The maximum atomic E-state index is 13.0. The molecular formula is C25H28ClN3O2. The van der Waals surface area contributed by atoms with E-state index < -0.39 is 0 Å². The molecule has 31 heavy (non-hydrogen) atoms. The summed E-state index contributed by atoms with van der Waals surface area (Å²) in [5, 5.41) is 4.90. The molecular weight excluding hydrogens is 410 g/mol. The molecule has 0 radical (unpaired) electrons. The molecule has 2 heterocycles. The number of halogens is 1. The van der Waals surface area contributed by atoms with Gasteiger partial charge in [-0.05, 0) is 54.2 Å². The average Bonchev–Trinajstić information content (AvgIpc) is 3.35. The number of hydrogen-bond acceptors (Lipinski definition) is 2. The Morgan fingerprint density at radius 3 is 2.61 bits per heavy atom. The van der Waals surface area contributed by atoms with E-state index in [1.165, 1.54) is 0 Å². The van der Waals surface area contributed by atoms with E-state index in [1.54, 1.807) is 4.90 Å². The largest absolute Gasteiger partial charge is 0.361 e. The zero-order valence-corrected chi connectivity index (χ0v) is 18.8. The van der Waals surface area contributed by atoms with Crippen molar-refractivity contribution in [3.8, 4) is 0 Å². The van der Waals surface area contributed by atoms with Crippen LogP contribution < -0.4 is 5.32 Å². The molecule has 1 unspecified atom stereocenters. The van der Waals surface area contributed by atoms with Gasteiger partial charge in [0.25, 0.3) is 0 Å². The van der Waals surface area contributed by atoms with Gasteiger partial charge >= 0.3 is 0 Å². The predicted molar refractivity (Wildman–Crippen MR) is 126 cm³/mol. The number of carbonyl (C=O) groups excluding carboxylic acids is 2. The first-order chi connectivity index (χ1) is 15.0. The van der Waals surface area contributed by atoms with Crippen LogP contribution in [-0.4, -0.2) is 34.8 Å². The molecule has 2 amide bonds. The molecule has 2 aromatic carbocycles. The minimum atomic E-state index is -0.320. The second-order valence-corrected chi connectivity index (χ2v) is 8.58. The predicted octanol–water partition coefficient (Wildman–Crippen LogP) is 4.98. The molecule has 1 aromatic heterocycles. The molecule has 2 N–H and O–H groups in total. The second kappa shape index (κ2) is 9.15. The fraction of sp³-hybridized carbons (Fsp3) is 0.360. The number of para-hydroxylation sites is 1. The molecule has 1 fully saturated rings. The average molecular weight is 438 g/mol. The maximum Gasteiger partial charge on any atom is 0.229 e. The van der Waals surface area contributed by atoms with Crippen molar-refractivity contribution in [3.63, 3.8) is 0 Å². The van der Waals surface area contributed by atoms with E-state index >= 15 is 0 Å². The van der Waals surface area contributed by atoms with Crippen molar-refractivity contribution < 1.29 is 9.59 Å². The molecule has 1 aliphatic rings. The zero-order valence-electron chi connectivity index (χ0n) is 18.0. The number of anilines is 1. The minimum absolute atomic E-state index is 0.0394. The Morgan fingerprint density at radius 2 is 1.90 bits per heavy atom. The van der Waals surface area contributed by atoms with Gasteiger partial charge in [0.2, 0.25) is 11.8 Å². The number of carbonyl (C=O) groups is 2. The van der Waals surface area contributed by atoms with E-state index in [1.807, 2.05) is 42.6 Å². The molecule has 6 heteroatoms. The van der Waals surface area contributed by atoms with Crippen molar-refractivity contribution >= 4 is 40.0 Å². The number of fused-ring (bicyclic) bond motifs is 1. The van der Waals surface area contributed by atoms with Gasteiger partial charge in [-0.25, -0.2) is 0 Å². The summed E-state index contributed by atoms with van der Waals surface area (Å²) in [4.78, 5) is 30.6. The number of aromatic amines is 1. The lowest BCUT2D eigenvalue weighted by atomic mass is 10.0. The van der Waals surface area contributed by atoms with Crippen LogP contribution in [-0.2, 0) is 28.9 Å².